The summed E-state index contributed by atoms with van der Waals surface area (Å²) in [5.74, 6) is 0.241. The van der Waals surface area contributed by atoms with Crippen molar-refractivity contribution in [3.8, 4) is 0 Å². The van der Waals surface area contributed by atoms with Crippen LogP contribution in [0.2, 0.25) is 0 Å². The average molecular weight is 427 g/mol. The molecular weight excluding hydrogens is 413 g/mol. The van der Waals surface area contributed by atoms with Crippen LogP contribution >= 0.6 is 22.6 Å². The molecule has 1 atom stereocenters. The van der Waals surface area contributed by atoms with Crippen molar-refractivity contribution >= 4 is 44.3 Å². The lowest BCUT2D eigenvalue weighted by molar-refractivity contribution is 0.591. The Bertz CT molecular complexity index is 835. The van der Waals surface area contributed by atoms with Crippen molar-refractivity contribution in [1.82, 2.24) is 4.72 Å². The van der Waals surface area contributed by atoms with Crippen LogP contribution in [0.1, 0.15) is 18.5 Å². The molecular formula is C15H14IN3O2S. The van der Waals surface area contributed by atoms with Crippen molar-refractivity contribution in [2.24, 2.45) is 4.99 Å². The zero-order chi connectivity index (χ0) is 15.7. The molecule has 2 aromatic carbocycles. The largest absolute Gasteiger partial charge is 0.324 e. The zero-order valence-electron chi connectivity index (χ0n) is 11.7. The van der Waals surface area contributed by atoms with Crippen molar-refractivity contribution in [2.75, 3.05) is 5.32 Å². The summed E-state index contributed by atoms with van der Waals surface area (Å²) in [6.45, 7) is 1.92. The summed E-state index contributed by atoms with van der Waals surface area (Å²) >= 11 is 2.09. The lowest BCUT2D eigenvalue weighted by Gasteiger charge is -2.22. The number of sulfonamides is 1. The molecule has 2 N–H and O–H groups in total. The molecule has 0 amide bonds. The van der Waals surface area contributed by atoms with Crippen molar-refractivity contribution in [3.05, 3.63) is 57.7 Å². The fraction of sp³-hybridized carbons (Fsp3) is 0.133. The molecule has 3 rings (SSSR count). The van der Waals surface area contributed by atoms with Gasteiger partial charge in [-0.15, -0.1) is 0 Å². The van der Waals surface area contributed by atoms with Crippen LogP contribution in [-0.4, -0.2) is 14.4 Å². The highest BCUT2D eigenvalue weighted by molar-refractivity contribution is 14.1. The summed E-state index contributed by atoms with van der Waals surface area (Å²) in [6, 6.07) is 14.8. The predicted octanol–water partition coefficient (Wildman–Crippen LogP) is 3.11. The third kappa shape index (κ3) is 3.09. The normalized spacial score (nSPS) is 18.9. The van der Waals surface area contributed by atoms with Crippen LogP contribution < -0.4 is 10.0 Å². The van der Waals surface area contributed by atoms with Gasteiger partial charge in [0.25, 0.3) is 10.0 Å². The smallest absolute Gasteiger partial charge is 0.266 e. The number of hydrogen-bond acceptors (Lipinski definition) is 3. The maximum Gasteiger partial charge on any atom is 0.266 e. The van der Waals surface area contributed by atoms with Gasteiger partial charge in [0.1, 0.15) is 4.90 Å². The van der Waals surface area contributed by atoms with Gasteiger partial charge >= 0.3 is 0 Å². The second-order valence-electron chi connectivity index (χ2n) is 4.94. The molecule has 22 heavy (non-hydrogen) atoms. The first-order chi connectivity index (χ1) is 10.5. The monoisotopic (exact) mass is 427 g/mol. The predicted molar refractivity (Wildman–Crippen MR) is 95.4 cm³/mol. The number of anilines is 1. The van der Waals surface area contributed by atoms with Gasteiger partial charge in [-0.05, 0) is 53.3 Å². The fourth-order valence-electron chi connectivity index (χ4n) is 2.22. The standard InChI is InChI=1S/C15H14IN3O2S/c1-10(11-5-3-2-4-6-11)17-15-18-13-8-7-12(16)9-14(13)22(20,21)19-15/h2-10H,1H3,(H2,17,18,19)/t10-/m1/s1. The van der Waals surface area contributed by atoms with E-state index < -0.39 is 10.0 Å². The van der Waals surface area contributed by atoms with Gasteiger partial charge in [-0.3, -0.25) is 0 Å². The molecule has 7 heteroatoms. The average Bonchev–Trinajstić information content (AvgIpc) is 2.48. The first-order valence-electron chi connectivity index (χ1n) is 6.68. The van der Waals surface area contributed by atoms with Crippen LogP contribution in [0.15, 0.2) is 58.4 Å². The van der Waals surface area contributed by atoms with Crippen LogP contribution in [0, 0.1) is 3.57 Å². The third-order valence-corrected chi connectivity index (χ3v) is 5.37. The minimum atomic E-state index is -3.59. The number of guanidine groups is 1. The number of aliphatic imine (C=N–C) groups is 1. The molecule has 0 radical (unpaired) electrons. The fourth-order valence-corrected chi connectivity index (χ4v) is 4.08. The minimum absolute atomic E-state index is 0.156. The van der Waals surface area contributed by atoms with Gasteiger partial charge < -0.3 is 5.32 Å². The summed E-state index contributed by atoms with van der Waals surface area (Å²) in [6.07, 6.45) is 0. The molecule has 0 saturated heterocycles. The molecule has 1 aliphatic rings. The molecule has 1 heterocycles. The topological polar surface area (TPSA) is 70.6 Å². The van der Waals surface area contributed by atoms with Crippen molar-refractivity contribution in [2.45, 2.75) is 17.9 Å². The summed E-state index contributed by atoms with van der Waals surface area (Å²) in [4.78, 5) is 4.68. The highest BCUT2D eigenvalue weighted by Crippen LogP contribution is 2.27. The first kappa shape index (κ1) is 15.3. The Morgan fingerprint density at radius 2 is 1.86 bits per heavy atom. The minimum Gasteiger partial charge on any atom is -0.324 e. The van der Waals surface area contributed by atoms with E-state index in [1.165, 1.54) is 0 Å². The molecule has 2 aromatic rings. The van der Waals surface area contributed by atoms with Gasteiger partial charge in [-0.1, -0.05) is 30.3 Å². The molecule has 1 aliphatic heterocycles. The number of hydrogen-bond donors (Lipinski definition) is 2. The molecule has 0 saturated carbocycles. The zero-order valence-corrected chi connectivity index (χ0v) is 14.7. The molecule has 0 aromatic heterocycles. The van der Waals surface area contributed by atoms with Crippen LogP contribution in [-0.2, 0) is 10.0 Å². The van der Waals surface area contributed by atoms with Gasteiger partial charge in [0.15, 0.2) is 0 Å². The van der Waals surface area contributed by atoms with E-state index in [1.54, 1.807) is 12.1 Å². The van der Waals surface area contributed by atoms with Crippen LogP contribution in [0.3, 0.4) is 0 Å². The quantitative estimate of drug-likeness (QED) is 0.724. The molecule has 0 aliphatic carbocycles. The van der Waals surface area contributed by atoms with Gasteiger partial charge in [-0.25, -0.2) is 18.1 Å². The van der Waals surface area contributed by atoms with E-state index in [2.05, 4.69) is 37.6 Å². The maximum absolute atomic E-state index is 12.3. The Labute approximate surface area is 143 Å². The van der Waals surface area contributed by atoms with Gasteiger partial charge in [-0.2, -0.15) is 0 Å². The maximum atomic E-state index is 12.3. The summed E-state index contributed by atoms with van der Waals surface area (Å²) in [5.41, 5.74) is 1.56. The van der Waals surface area contributed by atoms with E-state index in [0.717, 1.165) is 9.13 Å². The number of benzene rings is 2. The van der Waals surface area contributed by atoms with Crippen molar-refractivity contribution < 1.29 is 8.42 Å². The highest BCUT2D eigenvalue weighted by Gasteiger charge is 2.27. The lowest BCUT2D eigenvalue weighted by atomic mass is 10.1. The number of nitrogens with zero attached hydrogens (tertiary/aromatic N) is 1. The number of rotatable bonds is 2. The van der Waals surface area contributed by atoms with Crippen LogP contribution in [0.5, 0.6) is 0 Å². The summed E-state index contributed by atoms with van der Waals surface area (Å²) < 4.78 is 28.0. The number of nitrogens with one attached hydrogen (secondary N) is 2. The summed E-state index contributed by atoms with van der Waals surface area (Å²) in [5, 5.41) is 3.04. The Balaban J connectivity index is 1.95. The van der Waals surface area contributed by atoms with E-state index in [1.807, 2.05) is 43.3 Å². The van der Waals surface area contributed by atoms with Crippen LogP contribution in [0.25, 0.3) is 0 Å². The van der Waals surface area contributed by atoms with E-state index in [-0.39, 0.29) is 16.9 Å². The Hall–Kier alpha value is -1.61. The SMILES string of the molecule is C[C@@H](N=C1Nc2ccc(I)cc2S(=O)(=O)N1)c1ccccc1. The van der Waals surface area contributed by atoms with E-state index in [9.17, 15) is 8.42 Å². The summed E-state index contributed by atoms with van der Waals surface area (Å²) in [7, 11) is -3.59. The molecule has 0 spiro atoms. The molecule has 0 unspecified atom stereocenters. The Kier molecular flexibility index (Phi) is 4.09. The van der Waals surface area contributed by atoms with Gasteiger partial charge in [0.2, 0.25) is 5.96 Å². The molecule has 0 bridgehead atoms. The van der Waals surface area contributed by atoms with Gasteiger partial charge in [0, 0.05) is 3.57 Å². The van der Waals surface area contributed by atoms with Crippen molar-refractivity contribution in [3.63, 3.8) is 0 Å². The highest BCUT2D eigenvalue weighted by atomic mass is 127. The Morgan fingerprint density at radius 3 is 2.59 bits per heavy atom. The van der Waals surface area contributed by atoms with Crippen LogP contribution in [0.4, 0.5) is 5.69 Å². The second kappa shape index (κ2) is 5.88. The first-order valence-corrected chi connectivity index (χ1v) is 9.24. The van der Waals surface area contributed by atoms with E-state index in [4.69, 9.17) is 0 Å². The molecule has 5 nitrogen and oxygen atoms in total. The number of fused-ring (bicyclic) bond motifs is 1. The third-order valence-electron chi connectivity index (χ3n) is 3.32. The second-order valence-corrected chi connectivity index (χ2v) is 7.83. The van der Waals surface area contributed by atoms with E-state index >= 15 is 0 Å². The Morgan fingerprint density at radius 1 is 1.14 bits per heavy atom. The van der Waals surface area contributed by atoms with E-state index in [0.29, 0.717) is 5.69 Å². The molecule has 114 valence electrons. The number of halogens is 1. The molecule has 0 fully saturated rings. The van der Waals surface area contributed by atoms with Gasteiger partial charge in [0.05, 0.1) is 11.7 Å². The lowest BCUT2D eigenvalue weighted by Crippen LogP contribution is -2.41. The van der Waals surface area contributed by atoms with Crippen molar-refractivity contribution in [1.29, 1.82) is 0 Å².